The van der Waals surface area contributed by atoms with Gasteiger partial charge < -0.3 is 10.5 Å². The summed E-state index contributed by atoms with van der Waals surface area (Å²) >= 11 is 0. The maximum Gasteiger partial charge on any atom is 0.269 e. The van der Waals surface area contributed by atoms with Crippen molar-refractivity contribution >= 4 is 5.69 Å². The van der Waals surface area contributed by atoms with Gasteiger partial charge in [0.05, 0.1) is 11.5 Å². The van der Waals surface area contributed by atoms with Gasteiger partial charge in [0.1, 0.15) is 5.75 Å². The van der Waals surface area contributed by atoms with Crippen LogP contribution in [0.3, 0.4) is 0 Å². The van der Waals surface area contributed by atoms with E-state index in [1.54, 1.807) is 12.1 Å². The Morgan fingerprint density at radius 2 is 1.88 bits per heavy atom. The van der Waals surface area contributed by atoms with Crippen LogP contribution in [0.25, 0.3) is 0 Å². The summed E-state index contributed by atoms with van der Waals surface area (Å²) in [6.07, 6.45) is 0.775. The molecule has 0 aliphatic rings. The Hall–Kier alpha value is -1.62. The molecule has 0 fully saturated rings. The minimum Gasteiger partial charge on any atom is -0.494 e. The average Bonchev–Trinajstić information content (AvgIpc) is 2.33. The minimum atomic E-state index is -0.441. The quantitative estimate of drug-likeness (QED) is 0.475. The topological polar surface area (TPSA) is 78.4 Å². The zero-order valence-corrected chi connectivity index (χ0v) is 9.68. The third kappa shape index (κ3) is 5.31. The van der Waals surface area contributed by atoms with Gasteiger partial charge in [-0.1, -0.05) is 13.8 Å². The highest BCUT2D eigenvalue weighted by atomic mass is 16.6. The third-order valence-corrected chi connectivity index (χ3v) is 1.66. The molecular formula is C11H18N2O3. The lowest BCUT2D eigenvalue weighted by Crippen LogP contribution is -2.05. The molecule has 0 radical (unpaired) electrons. The van der Waals surface area contributed by atoms with Gasteiger partial charge in [-0.15, -0.1) is 0 Å². The van der Waals surface area contributed by atoms with Crippen molar-refractivity contribution in [2.45, 2.75) is 20.3 Å². The number of rotatable bonds is 5. The molecule has 0 saturated heterocycles. The van der Waals surface area contributed by atoms with Crippen LogP contribution in [0.1, 0.15) is 20.3 Å². The zero-order chi connectivity index (χ0) is 12.4. The first kappa shape index (κ1) is 14.4. The first-order valence-corrected chi connectivity index (χ1v) is 5.31. The van der Waals surface area contributed by atoms with Gasteiger partial charge in [0.15, 0.2) is 0 Å². The van der Waals surface area contributed by atoms with E-state index in [9.17, 15) is 10.1 Å². The molecule has 0 unspecified atom stereocenters. The van der Waals surface area contributed by atoms with Gasteiger partial charge in [-0.05, 0) is 25.1 Å². The number of non-ortho nitro benzene ring substituents is 1. The molecule has 0 saturated carbocycles. The molecule has 5 nitrogen and oxygen atoms in total. The molecular weight excluding hydrogens is 208 g/mol. The Kier molecular flexibility index (Phi) is 7.79. The van der Waals surface area contributed by atoms with Gasteiger partial charge in [-0.2, -0.15) is 0 Å². The van der Waals surface area contributed by atoms with Crippen LogP contribution >= 0.6 is 0 Å². The van der Waals surface area contributed by atoms with E-state index < -0.39 is 4.92 Å². The lowest BCUT2D eigenvalue weighted by atomic mass is 10.3. The molecule has 0 heterocycles. The number of hydrogen-bond acceptors (Lipinski definition) is 4. The molecule has 5 heteroatoms. The molecule has 90 valence electrons. The van der Waals surface area contributed by atoms with Crippen LogP contribution in [0.2, 0.25) is 0 Å². The number of benzene rings is 1. The molecule has 0 aromatic heterocycles. The predicted molar refractivity (Wildman–Crippen MR) is 63.6 cm³/mol. The molecule has 16 heavy (non-hydrogen) atoms. The highest BCUT2D eigenvalue weighted by Gasteiger charge is 2.03. The number of ether oxygens (including phenoxy) is 1. The van der Waals surface area contributed by atoms with Crippen LogP contribution in [-0.4, -0.2) is 18.1 Å². The molecule has 1 rings (SSSR count). The summed E-state index contributed by atoms with van der Waals surface area (Å²) in [6, 6.07) is 5.98. The fourth-order valence-electron chi connectivity index (χ4n) is 0.937. The molecule has 1 aromatic rings. The van der Waals surface area contributed by atoms with Crippen LogP contribution in [-0.2, 0) is 0 Å². The summed E-state index contributed by atoms with van der Waals surface area (Å²) in [5.74, 6) is 0.629. The summed E-state index contributed by atoms with van der Waals surface area (Å²) < 4.78 is 5.28. The lowest BCUT2D eigenvalue weighted by Gasteiger charge is -2.03. The van der Waals surface area contributed by atoms with E-state index in [1.807, 2.05) is 13.8 Å². The van der Waals surface area contributed by atoms with E-state index in [1.165, 1.54) is 12.1 Å². The van der Waals surface area contributed by atoms with Gasteiger partial charge >= 0.3 is 0 Å². The van der Waals surface area contributed by atoms with E-state index in [-0.39, 0.29) is 5.69 Å². The number of nitro groups is 1. The standard InChI is InChI=1S/C9H12N2O3.C2H6/c10-6-1-7-14-9-4-2-8(3-5-9)11(12)13;1-2/h2-5H,1,6-7,10H2;1-2H3. The normalized spacial score (nSPS) is 8.94. The SMILES string of the molecule is CC.NCCCOc1ccc([N+](=O)[O-])cc1. The second kappa shape index (κ2) is 8.67. The molecule has 0 spiro atoms. The Morgan fingerprint density at radius 3 is 2.31 bits per heavy atom. The van der Waals surface area contributed by atoms with Gasteiger partial charge in [0.25, 0.3) is 5.69 Å². The van der Waals surface area contributed by atoms with E-state index in [0.29, 0.717) is 18.9 Å². The van der Waals surface area contributed by atoms with E-state index >= 15 is 0 Å². The Morgan fingerprint density at radius 1 is 1.31 bits per heavy atom. The third-order valence-electron chi connectivity index (χ3n) is 1.66. The van der Waals surface area contributed by atoms with Crippen molar-refractivity contribution < 1.29 is 9.66 Å². The Balaban J connectivity index is 0.00000106. The van der Waals surface area contributed by atoms with E-state index in [0.717, 1.165) is 6.42 Å². The zero-order valence-electron chi connectivity index (χ0n) is 9.68. The maximum atomic E-state index is 10.3. The van der Waals surface area contributed by atoms with Gasteiger partial charge in [-0.25, -0.2) is 0 Å². The largest absolute Gasteiger partial charge is 0.494 e. The van der Waals surface area contributed by atoms with Crippen molar-refractivity contribution in [3.63, 3.8) is 0 Å². The number of hydrogen-bond donors (Lipinski definition) is 1. The molecule has 2 N–H and O–H groups in total. The van der Waals surface area contributed by atoms with Crippen LogP contribution < -0.4 is 10.5 Å². The van der Waals surface area contributed by atoms with Gasteiger partial charge in [0, 0.05) is 12.1 Å². The average molecular weight is 226 g/mol. The Bertz CT molecular complexity index is 299. The summed E-state index contributed by atoms with van der Waals surface area (Å²) in [6.45, 7) is 5.11. The Labute approximate surface area is 95.4 Å². The summed E-state index contributed by atoms with van der Waals surface area (Å²) in [4.78, 5) is 9.88. The number of nitrogens with two attached hydrogens (primary N) is 1. The second-order valence-electron chi connectivity index (χ2n) is 2.74. The molecule has 0 bridgehead atoms. The number of nitrogens with zero attached hydrogens (tertiary/aromatic N) is 1. The molecule has 0 atom stereocenters. The van der Waals surface area contributed by atoms with Crippen molar-refractivity contribution in [1.82, 2.24) is 0 Å². The van der Waals surface area contributed by atoms with Gasteiger partial charge in [0.2, 0.25) is 0 Å². The van der Waals surface area contributed by atoms with Crippen molar-refractivity contribution in [3.05, 3.63) is 34.4 Å². The maximum absolute atomic E-state index is 10.3. The minimum absolute atomic E-state index is 0.0659. The smallest absolute Gasteiger partial charge is 0.269 e. The first-order valence-electron chi connectivity index (χ1n) is 5.31. The fourth-order valence-corrected chi connectivity index (χ4v) is 0.937. The van der Waals surface area contributed by atoms with E-state index in [4.69, 9.17) is 10.5 Å². The van der Waals surface area contributed by atoms with Crippen molar-refractivity contribution in [2.24, 2.45) is 5.73 Å². The summed E-state index contributed by atoms with van der Waals surface area (Å²) in [7, 11) is 0. The fraction of sp³-hybridized carbons (Fsp3) is 0.455. The van der Waals surface area contributed by atoms with Crippen LogP contribution in [0.4, 0.5) is 5.69 Å². The monoisotopic (exact) mass is 226 g/mol. The molecule has 0 aliphatic carbocycles. The lowest BCUT2D eigenvalue weighted by molar-refractivity contribution is -0.384. The molecule has 0 aliphatic heterocycles. The second-order valence-corrected chi connectivity index (χ2v) is 2.74. The van der Waals surface area contributed by atoms with Gasteiger partial charge in [-0.3, -0.25) is 10.1 Å². The van der Waals surface area contributed by atoms with Crippen molar-refractivity contribution in [2.75, 3.05) is 13.2 Å². The van der Waals surface area contributed by atoms with Crippen LogP contribution in [0, 0.1) is 10.1 Å². The van der Waals surface area contributed by atoms with Crippen LogP contribution in [0.15, 0.2) is 24.3 Å². The first-order chi connectivity index (χ1) is 7.74. The van der Waals surface area contributed by atoms with Crippen molar-refractivity contribution in [1.29, 1.82) is 0 Å². The highest BCUT2D eigenvalue weighted by Crippen LogP contribution is 2.17. The summed E-state index contributed by atoms with van der Waals surface area (Å²) in [5, 5.41) is 10.3. The molecule has 1 aromatic carbocycles. The highest BCUT2D eigenvalue weighted by molar-refractivity contribution is 5.35. The molecule has 0 amide bonds. The van der Waals surface area contributed by atoms with Crippen molar-refractivity contribution in [3.8, 4) is 5.75 Å². The summed E-state index contributed by atoms with van der Waals surface area (Å²) in [5.41, 5.74) is 5.35. The number of nitro benzene ring substituents is 1. The predicted octanol–water partition coefficient (Wildman–Crippen LogP) is 2.35. The van der Waals surface area contributed by atoms with Crippen LogP contribution in [0.5, 0.6) is 5.75 Å². The van der Waals surface area contributed by atoms with E-state index in [2.05, 4.69) is 0 Å².